The molecule has 0 bridgehead atoms. The monoisotopic (exact) mass is 421 g/mol. The van der Waals surface area contributed by atoms with E-state index in [1.165, 1.54) is 23.4 Å². The van der Waals surface area contributed by atoms with Crippen LogP contribution in [-0.4, -0.2) is 39.5 Å². The van der Waals surface area contributed by atoms with Gasteiger partial charge in [0, 0.05) is 12.6 Å². The summed E-state index contributed by atoms with van der Waals surface area (Å²) >= 11 is 0. The molecule has 0 amide bonds. The molecule has 1 aromatic rings. The molecular weight excluding hydrogens is 392 g/mol. The minimum Gasteiger partial charge on any atom is -0.324 e. The molecule has 0 saturated carbocycles. The zero-order chi connectivity index (χ0) is 20.9. The second-order valence-electron chi connectivity index (χ2n) is 6.90. The van der Waals surface area contributed by atoms with Gasteiger partial charge in [0.2, 0.25) is 0 Å². The molecule has 11 heteroatoms. The Balaban J connectivity index is 2.91. The fourth-order valence-corrected chi connectivity index (χ4v) is 5.57. The van der Waals surface area contributed by atoms with E-state index >= 15 is 0 Å². The molecule has 0 fully saturated rings. The van der Waals surface area contributed by atoms with E-state index in [0.29, 0.717) is 6.54 Å². The summed E-state index contributed by atoms with van der Waals surface area (Å²) in [7, 11) is -10.2. The van der Waals surface area contributed by atoms with E-state index in [4.69, 9.17) is 0 Å². The number of nitrogens with zero attached hydrogens (tertiary/aromatic N) is 3. The van der Waals surface area contributed by atoms with E-state index < -0.39 is 32.9 Å². The zero-order valence-corrected chi connectivity index (χ0v) is 17.9. The molecule has 154 valence electrons. The molecule has 0 aliphatic heterocycles. The Bertz CT molecular complexity index is 764. The molecule has 1 heterocycles. The lowest BCUT2D eigenvalue weighted by Crippen LogP contribution is -2.31. The van der Waals surface area contributed by atoms with Gasteiger partial charge in [0.25, 0.3) is 0 Å². The number of rotatable bonds is 10. The van der Waals surface area contributed by atoms with Crippen molar-refractivity contribution in [1.82, 2.24) is 15.0 Å². The number of hydrogen-bond donors (Lipinski definition) is 4. The van der Waals surface area contributed by atoms with E-state index in [9.17, 15) is 28.7 Å². The van der Waals surface area contributed by atoms with Crippen LogP contribution in [0.1, 0.15) is 52.7 Å². The summed E-state index contributed by atoms with van der Waals surface area (Å²) in [5, 5.41) is 7.71. The van der Waals surface area contributed by atoms with Gasteiger partial charge in [-0.2, -0.15) is 0 Å². The van der Waals surface area contributed by atoms with Crippen molar-refractivity contribution in [3.63, 3.8) is 0 Å². The Morgan fingerprint density at radius 3 is 2.22 bits per heavy atom. The number of aromatic nitrogens is 3. The maximum absolute atomic E-state index is 11.8. The maximum atomic E-state index is 11.8. The van der Waals surface area contributed by atoms with Gasteiger partial charge in [-0.1, -0.05) is 35.4 Å². The first kappa shape index (κ1) is 24.0. The summed E-state index contributed by atoms with van der Waals surface area (Å²) in [6, 6.07) is 0. The molecule has 9 nitrogen and oxygen atoms in total. The Kier molecular flexibility index (Phi) is 8.35. The van der Waals surface area contributed by atoms with Gasteiger partial charge in [-0.3, -0.25) is 9.13 Å². The van der Waals surface area contributed by atoms with Crippen LogP contribution >= 0.6 is 15.2 Å². The standard InChI is InChI=1S/C16H29N3O6P2/c1-5-16(26(20,21)22,27(23,24)25)11-15-12-19(18-17-15)10-9-14(4)8-6-7-13(2)3/h7,9,12H,5-6,8,10-11H2,1-4H3,(H2,20,21,22)(H2,23,24,25)/b14-9+. The molecule has 0 atom stereocenters. The van der Waals surface area contributed by atoms with Crippen molar-refractivity contribution in [3.05, 3.63) is 35.2 Å². The lowest BCUT2D eigenvalue weighted by molar-refractivity contribution is 0.302. The molecule has 0 radical (unpaired) electrons. The van der Waals surface area contributed by atoms with Crippen LogP contribution in [0.5, 0.6) is 0 Å². The van der Waals surface area contributed by atoms with Crippen LogP contribution in [0.3, 0.4) is 0 Å². The van der Waals surface area contributed by atoms with Gasteiger partial charge in [-0.15, -0.1) is 5.10 Å². The zero-order valence-electron chi connectivity index (χ0n) is 16.1. The predicted molar refractivity (Wildman–Crippen MR) is 103 cm³/mol. The normalized spacial score (nSPS) is 13.7. The third kappa shape index (κ3) is 6.49. The third-order valence-corrected chi connectivity index (χ3v) is 9.10. The molecule has 27 heavy (non-hydrogen) atoms. The first-order chi connectivity index (χ1) is 12.3. The molecule has 0 unspecified atom stereocenters. The van der Waals surface area contributed by atoms with Crippen LogP contribution in [0.15, 0.2) is 29.5 Å². The van der Waals surface area contributed by atoms with Gasteiger partial charge in [0.15, 0.2) is 4.90 Å². The molecule has 0 aliphatic carbocycles. The summed E-state index contributed by atoms with van der Waals surface area (Å²) in [6.07, 6.45) is 6.48. The lowest BCUT2D eigenvalue weighted by atomic mass is 10.1. The maximum Gasteiger partial charge on any atom is 0.344 e. The van der Waals surface area contributed by atoms with E-state index in [2.05, 4.69) is 16.4 Å². The minimum absolute atomic E-state index is 0.124. The van der Waals surface area contributed by atoms with Crippen molar-refractivity contribution >= 4 is 15.2 Å². The van der Waals surface area contributed by atoms with E-state index in [0.717, 1.165) is 18.4 Å². The highest BCUT2D eigenvalue weighted by Crippen LogP contribution is 2.71. The largest absolute Gasteiger partial charge is 0.344 e. The second kappa shape index (κ2) is 9.41. The van der Waals surface area contributed by atoms with Crippen LogP contribution in [0.4, 0.5) is 0 Å². The van der Waals surface area contributed by atoms with Crippen molar-refractivity contribution < 1.29 is 28.7 Å². The molecule has 0 saturated heterocycles. The third-order valence-electron chi connectivity index (χ3n) is 4.42. The highest BCUT2D eigenvalue weighted by Gasteiger charge is 2.59. The van der Waals surface area contributed by atoms with Gasteiger partial charge < -0.3 is 19.6 Å². The smallest absolute Gasteiger partial charge is 0.324 e. The van der Waals surface area contributed by atoms with Crippen LogP contribution in [0.25, 0.3) is 0 Å². The number of allylic oxidation sites excluding steroid dienone is 4. The van der Waals surface area contributed by atoms with Crippen LogP contribution in [-0.2, 0) is 22.1 Å². The molecule has 1 rings (SSSR count). The van der Waals surface area contributed by atoms with Gasteiger partial charge in [0.1, 0.15) is 0 Å². The fraction of sp³-hybridized carbons (Fsp3) is 0.625. The highest BCUT2D eigenvalue weighted by molar-refractivity contribution is 7.72. The topological polar surface area (TPSA) is 146 Å². The Hall–Kier alpha value is -1.08. The summed E-state index contributed by atoms with van der Waals surface area (Å²) < 4.78 is 25.1. The second-order valence-corrected chi connectivity index (χ2v) is 11.1. The first-order valence-electron chi connectivity index (χ1n) is 8.61. The van der Waals surface area contributed by atoms with Crippen LogP contribution in [0.2, 0.25) is 0 Å². The van der Waals surface area contributed by atoms with E-state index in [1.807, 2.05) is 26.8 Å². The van der Waals surface area contributed by atoms with Gasteiger partial charge in [-0.25, -0.2) is 4.68 Å². The number of hydrogen-bond acceptors (Lipinski definition) is 4. The summed E-state index contributed by atoms with van der Waals surface area (Å²) in [4.78, 5) is 35.8. The van der Waals surface area contributed by atoms with Gasteiger partial charge in [0.05, 0.1) is 12.2 Å². The van der Waals surface area contributed by atoms with E-state index in [-0.39, 0.29) is 5.69 Å². The fourth-order valence-electron chi connectivity index (χ4n) is 2.65. The van der Waals surface area contributed by atoms with Crippen LogP contribution in [0, 0.1) is 0 Å². The molecule has 0 aromatic carbocycles. The average molecular weight is 421 g/mol. The Labute approximate surface area is 159 Å². The highest BCUT2D eigenvalue weighted by atomic mass is 31.2. The summed E-state index contributed by atoms with van der Waals surface area (Å²) in [6.45, 7) is 7.84. The van der Waals surface area contributed by atoms with Crippen LogP contribution < -0.4 is 0 Å². The molecule has 1 aromatic heterocycles. The molecule has 4 N–H and O–H groups in total. The Morgan fingerprint density at radius 1 is 1.15 bits per heavy atom. The Morgan fingerprint density at radius 2 is 1.74 bits per heavy atom. The average Bonchev–Trinajstić information content (AvgIpc) is 2.95. The lowest BCUT2D eigenvalue weighted by Gasteiger charge is -2.32. The van der Waals surface area contributed by atoms with Gasteiger partial charge in [-0.05, 0) is 40.0 Å². The predicted octanol–water partition coefficient (Wildman–Crippen LogP) is 2.98. The molecule has 0 aliphatic rings. The quantitative estimate of drug-likeness (QED) is 0.333. The van der Waals surface area contributed by atoms with E-state index in [1.54, 1.807) is 0 Å². The minimum atomic E-state index is -5.09. The molecular formula is C16H29N3O6P2. The van der Waals surface area contributed by atoms with Crippen molar-refractivity contribution in [3.8, 4) is 0 Å². The van der Waals surface area contributed by atoms with Crippen molar-refractivity contribution in [2.75, 3.05) is 0 Å². The van der Waals surface area contributed by atoms with Crippen molar-refractivity contribution in [2.45, 2.75) is 64.8 Å². The SMILES string of the molecule is CCC(Cc1cn(C/C=C(\C)CCC=C(C)C)nn1)(P(=O)(O)O)P(=O)(O)O. The summed E-state index contributed by atoms with van der Waals surface area (Å²) in [5.41, 5.74) is 2.55. The van der Waals surface area contributed by atoms with Crippen molar-refractivity contribution in [2.24, 2.45) is 0 Å². The first-order valence-corrected chi connectivity index (χ1v) is 11.8. The molecule has 0 spiro atoms. The van der Waals surface area contributed by atoms with Gasteiger partial charge >= 0.3 is 15.2 Å². The summed E-state index contributed by atoms with van der Waals surface area (Å²) in [5.74, 6) is 0. The van der Waals surface area contributed by atoms with Crippen molar-refractivity contribution in [1.29, 1.82) is 0 Å².